The number of hydrogen-bond donors (Lipinski definition) is 1. The van der Waals surface area contributed by atoms with Gasteiger partial charge in [-0.1, -0.05) is 0 Å². The lowest BCUT2D eigenvalue weighted by atomic mass is 9.97. The van der Waals surface area contributed by atoms with Crippen LogP contribution < -0.4 is 0 Å². The second kappa shape index (κ2) is 4.51. The number of Topliss-reactive ketones (excluding diaryl/α,β-unsaturated/α-hetero) is 1. The molecule has 0 spiro atoms. The normalized spacial score (nSPS) is 24.2. The average molecular weight is 299 g/mol. The van der Waals surface area contributed by atoms with Crippen LogP contribution in [0.1, 0.15) is 36.7 Å². The highest BCUT2D eigenvalue weighted by Gasteiger charge is 2.44. The highest BCUT2D eigenvalue weighted by molar-refractivity contribution is 5.78. The molecule has 1 aromatic heterocycles. The van der Waals surface area contributed by atoms with Crippen molar-refractivity contribution in [3.05, 3.63) is 17.0 Å². The molecule has 8 heteroatoms. The average Bonchev–Trinajstić information content (AvgIpc) is 2.67. The van der Waals surface area contributed by atoms with Crippen LogP contribution in [0.2, 0.25) is 0 Å². The van der Waals surface area contributed by atoms with Gasteiger partial charge >= 0.3 is 6.09 Å². The van der Waals surface area contributed by atoms with Crippen molar-refractivity contribution >= 4 is 11.9 Å². The van der Waals surface area contributed by atoms with Gasteiger partial charge in [0.05, 0.1) is 12.2 Å². The number of fused-ring (bicyclic) bond motifs is 3. The molecule has 0 aliphatic carbocycles. The van der Waals surface area contributed by atoms with Crippen molar-refractivity contribution in [2.75, 3.05) is 0 Å². The Kier molecular flexibility index (Phi) is 3.00. The van der Waals surface area contributed by atoms with Crippen molar-refractivity contribution in [1.29, 1.82) is 0 Å². The Morgan fingerprint density at radius 2 is 2.14 bits per heavy atom. The first-order valence-corrected chi connectivity index (χ1v) is 6.77. The summed E-state index contributed by atoms with van der Waals surface area (Å²) in [7, 11) is 0. The molecule has 1 atom stereocenters. The zero-order chi connectivity index (χ0) is 15.4. The summed E-state index contributed by atoms with van der Waals surface area (Å²) in [5.74, 6) is -3.44. The number of amides is 1. The summed E-state index contributed by atoms with van der Waals surface area (Å²) >= 11 is 0. The van der Waals surface area contributed by atoms with E-state index in [-0.39, 0.29) is 49.0 Å². The summed E-state index contributed by atoms with van der Waals surface area (Å²) in [6, 6.07) is -0.321. The molecule has 0 saturated heterocycles. The Morgan fingerprint density at radius 3 is 2.81 bits per heavy atom. The number of hydrogen-bond acceptors (Lipinski definition) is 3. The number of carbonyl (C=O) groups is 2. The van der Waals surface area contributed by atoms with Gasteiger partial charge in [0.25, 0.3) is 5.92 Å². The van der Waals surface area contributed by atoms with Crippen LogP contribution in [0.15, 0.2) is 0 Å². The molecule has 3 heterocycles. The van der Waals surface area contributed by atoms with Crippen molar-refractivity contribution < 1.29 is 23.5 Å². The summed E-state index contributed by atoms with van der Waals surface area (Å²) in [4.78, 5) is 23.9. The van der Waals surface area contributed by atoms with Crippen LogP contribution in [0.4, 0.5) is 13.6 Å². The number of ketones is 1. The van der Waals surface area contributed by atoms with E-state index in [2.05, 4.69) is 5.10 Å². The van der Waals surface area contributed by atoms with E-state index in [1.54, 1.807) is 6.92 Å². The lowest BCUT2D eigenvalue weighted by Crippen LogP contribution is -2.42. The monoisotopic (exact) mass is 299 g/mol. The van der Waals surface area contributed by atoms with E-state index in [9.17, 15) is 18.4 Å². The van der Waals surface area contributed by atoms with Gasteiger partial charge in [-0.15, -0.1) is 0 Å². The van der Waals surface area contributed by atoms with E-state index in [1.165, 1.54) is 0 Å². The van der Waals surface area contributed by atoms with Gasteiger partial charge in [-0.2, -0.15) is 13.9 Å². The maximum Gasteiger partial charge on any atom is 0.407 e. The van der Waals surface area contributed by atoms with E-state index in [4.69, 9.17) is 5.11 Å². The molecule has 6 nitrogen and oxygen atoms in total. The molecule has 0 unspecified atom stereocenters. The lowest BCUT2D eigenvalue weighted by Gasteiger charge is -2.31. The molecule has 2 aliphatic heterocycles. The fourth-order valence-corrected chi connectivity index (χ4v) is 3.04. The molecule has 0 fully saturated rings. The van der Waals surface area contributed by atoms with Gasteiger partial charge in [0.15, 0.2) is 5.78 Å². The van der Waals surface area contributed by atoms with Crippen LogP contribution in [0.25, 0.3) is 0 Å². The molecule has 1 amide bonds. The minimum Gasteiger partial charge on any atom is -0.465 e. The van der Waals surface area contributed by atoms with Crippen LogP contribution >= 0.6 is 0 Å². The van der Waals surface area contributed by atoms with Crippen molar-refractivity contribution in [3.8, 4) is 0 Å². The zero-order valence-electron chi connectivity index (χ0n) is 11.5. The highest BCUT2D eigenvalue weighted by Crippen LogP contribution is 2.40. The molecule has 0 aromatic carbocycles. The highest BCUT2D eigenvalue weighted by atomic mass is 19.3. The van der Waals surface area contributed by atoms with Gasteiger partial charge in [-0.25, -0.2) is 4.79 Å². The molecule has 21 heavy (non-hydrogen) atoms. The van der Waals surface area contributed by atoms with Crippen LogP contribution in [0.3, 0.4) is 0 Å². The van der Waals surface area contributed by atoms with Crippen molar-refractivity contribution in [3.63, 3.8) is 0 Å². The Morgan fingerprint density at radius 1 is 1.43 bits per heavy atom. The molecule has 1 aromatic rings. The van der Waals surface area contributed by atoms with Gasteiger partial charge < -0.3 is 10.0 Å². The molecule has 0 bridgehead atoms. The predicted octanol–water partition coefficient (Wildman–Crippen LogP) is 1.76. The van der Waals surface area contributed by atoms with Crippen molar-refractivity contribution in [1.82, 2.24) is 14.7 Å². The Balaban J connectivity index is 2.11. The fraction of sp³-hybridized carbons (Fsp3) is 0.615. The summed E-state index contributed by atoms with van der Waals surface area (Å²) in [5.41, 5.74) is 0.445. The third-order valence-electron chi connectivity index (χ3n) is 4.12. The maximum absolute atomic E-state index is 14.3. The third-order valence-corrected chi connectivity index (χ3v) is 4.12. The van der Waals surface area contributed by atoms with Gasteiger partial charge in [-0.05, 0) is 6.92 Å². The van der Waals surface area contributed by atoms with Crippen LogP contribution in [0, 0.1) is 0 Å². The smallest absolute Gasteiger partial charge is 0.407 e. The number of aromatic nitrogens is 2. The molecule has 1 N–H and O–H groups in total. The van der Waals surface area contributed by atoms with E-state index in [0.29, 0.717) is 5.69 Å². The first-order valence-electron chi connectivity index (χ1n) is 6.77. The summed E-state index contributed by atoms with van der Waals surface area (Å²) in [6.45, 7) is 1.44. The van der Waals surface area contributed by atoms with Crippen LogP contribution in [-0.4, -0.2) is 37.7 Å². The zero-order valence-corrected chi connectivity index (χ0v) is 11.5. The van der Waals surface area contributed by atoms with Gasteiger partial charge in [0, 0.05) is 30.9 Å². The number of carbonyl (C=O) groups excluding carboxylic acids is 1. The van der Waals surface area contributed by atoms with E-state index >= 15 is 0 Å². The number of carboxylic acid groups (broad SMARTS) is 1. The summed E-state index contributed by atoms with van der Waals surface area (Å²) in [6.07, 6.45) is -1.59. The number of halogens is 2. The molecule has 2 aliphatic rings. The third kappa shape index (κ3) is 2.18. The second-order valence-corrected chi connectivity index (χ2v) is 5.64. The number of rotatable bonds is 0. The molecular weight excluding hydrogens is 284 g/mol. The van der Waals surface area contributed by atoms with Crippen molar-refractivity contribution in [2.45, 2.75) is 51.2 Å². The number of alkyl halides is 2. The van der Waals surface area contributed by atoms with Crippen LogP contribution in [-0.2, 0) is 30.2 Å². The maximum atomic E-state index is 14.3. The summed E-state index contributed by atoms with van der Waals surface area (Å²) in [5, 5.41) is 13.3. The molecular formula is C13H15F2N3O3. The Hall–Kier alpha value is -1.99. The van der Waals surface area contributed by atoms with Crippen molar-refractivity contribution in [2.24, 2.45) is 0 Å². The van der Waals surface area contributed by atoms with E-state index in [1.807, 2.05) is 0 Å². The minimum atomic E-state index is -3.16. The van der Waals surface area contributed by atoms with E-state index in [0.717, 1.165) is 9.58 Å². The van der Waals surface area contributed by atoms with Crippen LogP contribution in [0.5, 0.6) is 0 Å². The Labute approximate surface area is 119 Å². The largest absolute Gasteiger partial charge is 0.465 e. The van der Waals surface area contributed by atoms with Gasteiger partial charge in [-0.3, -0.25) is 9.48 Å². The second-order valence-electron chi connectivity index (χ2n) is 5.64. The van der Waals surface area contributed by atoms with E-state index < -0.39 is 18.4 Å². The first-order chi connectivity index (χ1) is 9.79. The predicted molar refractivity (Wildman–Crippen MR) is 67.1 cm³/mol. The van der Waals surface area contributed by atoms with Gasteiger partial charge in [0.1, 0.15) is 12.2 Å². The molecule has 114 valence electrons. The van der Waals surface area contributed by atoms with Gasteiger partial charge in [0.2, 0.25) is 0 Å². The molecule has 0 radical (unpaired) electrons. The lowest BCUT2D eigenvalue weighted by molar-refractivity contribution is -0.120. The topological polar surface area (TPSA) is 75.4 Å². The minimum absolute atomic E-state index is 0.106. The quantitative estimate of drug-likeness (QED) is 0.792. The number of nitrogens with zero attached hydrogens (tertiary/aromatic N) is 3. The Bertz CT molecular complexity index is 626. The molecule has 0 saturated carbocycles. The summed E-state index contributed by atoms with van der Waals surface area (Å²) < 4.78 is 29.7. The molecule has 3 rings (SSSR count). The fourth-order valence-electron chi connectivity index (χ4n) is 3.04. The SMILES string of the molecule is C[C@@H]1Cc2nn3c(c2CN1C(=O)O)C(F)(F)CCC(=O)C3. The standard InChI is InChI=1S/C13H15F2N3O3/c1-7-4-10-9(6-17(7)12(20)21)11-13(14,15)3-2-8(19)5-18(11)16-10/h7H,2-6H2,1H3,(H,20,21)/t7-/m1/s1. The first kappa shape index (κ1) is 14.0.